The highest BCUT2D eigenvalue weighted by atomic mass is 16.3. The lowest BCUT2D eigenvalue weighted by Gasteiger charge is -2.38. The van der Waals surface area contributed by atoms with E-state index < -0.39 is 0 Å². The van der Waals surface area contributed by atoms with Crippen LogP contribution in [0.15, 0.2) is 16.7 Å². The predicted molar refractivity (Wildman–Crippen MR) is 61.4 cm³/mol. The molecule has 4 nitrogen and oxygen atoms in total. The second-order valence-electron chi connectivity index (χ2n) is 4.20. The van der Waals surface area contributed by atoms with Gasteiger partial charge in [0.25, 0.3) is 5.91 Å². The van der Waals surface area contributed by atoms with E-state index in [1.807, 2.05) is 11.8 Å². The maximum Gasteiger partial charge on any atom is 0.257 e. The zero-order valence-corrected chi connectivity index (χ0v) is 9.82. The van der Waals surface area contributed by atoms with Crippen LogP contribution in [-0.4, -0.2) is 36.5 Å². The van der Waals surface area contributed by atoms with Crippen molar-refractivity contribution < 1.29 is 9.21 Å². The highest BCUT2D eigenvalue weighted by Gasteiger charge is 2.29. The number of hydrogen-bond donors (Lipinski definition) is 1. The van der Waals surface area contributed by atoms with Crippen LogP contribution in [0.1, 0.15) is 29.5 Å². The molecule has 0 radical (unpaired) electrons. The summed E-state index contributed by atoms with van der Waals surface area (Å²) in [5.74, 6) is 0.804. The van der Waals surface area contributed by atoms with E-state index in [0.717, 1.165) is 26.1 Å². The average Bonchev–Trinajstić information content (AvgIpc) is 2.60. The van der Waals surface area contributed by atoms with Crippen molar-refractivity contribution in [3.8, 4) is 0 Å². The molecule has 88 valence electrons. The number of carbonyl (C=O) groups is 1. The van der Waals surface area contributed by atoms with E-state index >= 15 is 0 Å². The van der Waals surface area contributed by atoms with Crippen molar-refractivity contribution in [2.45, 2.75) is 26.3 Å². The van der Waals surface area contributed by atoms with Crippen molar-refractivity contribution >= 4 is 5.91 Å². The van der Waals surface area contributed by atoms with Crippen molar-refractivity contribution in [3.63, 3.8) is 0 Å². The molecule has 1 aliphatic heterocycles. The molecule has 4 heteroatoms. The summed E-state index contributed by atoms with van der Waals surface area (Å²) in [6.07, 6.45) is 2.56. The second kappa shape index (κ2) is 4.70. The molecule has 0 aromatic carbocycles. The lowest BCUT2D eigenvalue weighted by molar-refractivity contribution is 0.0614. The largest absolute Gasteiger partial charge is 0.469 e. The molecule has 0 atom stereocenters. The van der Waals surface area contributed by atoms with Crippen LogP contribution in [0.4, 0.5) is 0 Å². The minimum absolute atomic E-state index is 0.0969. The van der Waals surface area contributed by atoms with E-state index in [0.29, 0.717) is 17.4 Å². The Bertz CT molecular complexity index is 369. The smallest absolute Gasteiger partial charge is 0.257 e. The van der Waals surface area contributed by atoms with Crippen molar-refractivity contribution in [1.82, 2.24) is 10.2 Å². The van der Waals surface area contributed by atoms with Crippen LogP contribution >= 0.6 is 0 Å². The molecule has 2 rings (SSSR count). The average molecular weight is 222 g/mol. The zero-order valence-electron chi connectivity index (χ0n) is 9.82. The molecular formula is C12H18N2O2. The molecule has 1 aromatic heterocycles. The molecule has 0 bridgehead atoms. The monoisotopic (exact) mass is 222 g/mol. The molecule has 0 saturated carbocycles. The molecule has 1 fully saturated rings. The van der Waals surface area contributed by atoms with Crippen molar-refractivity contribution in [3.05, 3.63) is 23.7 Å². The first-order valence-electron chi connectivity index (χ1n) is 5.79. The fraction of sp³-hybridized carbons (Fsp3) is 0.583. The normalized spacial score (nSPS) is 15.9. The number of carbonyl (C=O) groups excluding carboxylic acids is 1. The zero-order chi connectivity index (χ0) is 11.5. The van der Waals surface area contributed by atoms with Gasteiger partial charge in [-0.25, -0.2) is 0 Å². The van der Waals surface area contributed by atoms with E-state index in [2.05, 4.69) is 12.2 Å². The Balaban J connectivity index is 2.13. The van der Waals surface area contributed by atoms with Gasteiger partial charge in [0.05, 0.1) is 17.9 Å². The van der Waals surface area contributed by atoms with E-state index in [1.54, 1.807) is 12.3 Å². The third kappa shape index (κ3) is 1.97. The molecule has 2 heterocycles. The van der Waals surface area contributed by atoms with Crippen molar-refractivity contribution in [2.24, 2.45) is 0 Å². The van der Waals surface area contributed by atoms with Crippen LogP contribution in [0.5, 0.6) is 0 Å². The van der Waals surface area contributed by atoms with Crippen LogP contribution in [0, 0.1) is 6.92 Å². The molecule has 1 aliphatic rings. The minimum Gasteiger partial charge on any atom is -0.469 e. The van der Waals surface area contributed by atoms with E-state index in [9.17, 15) is 4.79 Å². The third-order valence-electron chi connectivity index (χ3n) is 3.02. The van der Waals surface area contributed by atoms with Gasteiger partial charge in [-0.2, -0.15) is 0 Å². The molecule has 0 aliphatic carbocycles. The number of furan rings is 1. The highest BCUT2D eigenvalue weighted by Crippen LogP contribution is 2.16. The maximum atomic E-state index is 12.3. The number of nitrogens with zero attached hydrogens (tertiary/aromatic N) is 1. The Labute approximate surface area is 95.6 Å². The van der Waals surface area contributed by atoms with E-state index in [4.69, 9.17) is 4.42 Å². The SMILES string of the molecule is CCCN(C(=O)c1ccoc1C)C1CNC1. The maximum absolute atomic E-state index is 12.3. The lowest BCUT2D eigenvalue weighted by Crippen LogP contribution is -2.59. The fourth-order valence-corrected chi connectivity index (χ4v) is 1.95. The summed E-state index contributed by atoms with van der Waals surface area (Å²) in [6.45, 7) is 6.55. The van der Waals surface area contributed by atoms with Gasteiger partial charge in [0.2, 0.25) is 0 Å². The lowest BCUT2D eigenvalue weighted by atomic mass is 10.1. The summed E-state index contributed by atoms with van der Waals surface area (Å²) in [4.78, 5) is 14.2. The quantitative estimate of drug-likeness (QED) is 0.837. The van der Waals surface area contributed by atoms with Crippen LogP contribution in [0.3, 0.4) is 0 Å². The van der Waals surface area contributed by atoms with Gasteiger partial charge in [-0.05, 0) is 19.4 Å². The highest BCUT2D eigenvalue weighted by molar-refractivity contribution is 5.95. The molecule has 1 saturated heterocycles. The topological polar surface area (TPSA) is 45.5 Å². The van der Waals surface area contributed by atoms with Gasteiger partial charge in [0.1, 0.15) is 5.76 Å². The number of hydrogen-bond acceptors (Lipinski definition) is 3. The van der Waals surface area contributed by atoms with Gasteiger partial charge in [0.15, 0.2) is 0 Å². The number of aryl methyl sites for hydroxylation is 1. The molecule has 1 aromatic rings. The number of amides is 1. The molecule has 0 spiro atoms. The summed E-state index contributed by atoms with van der Waals surface area (Å²) >= 11 is 0. The van der Waals surface area contributed by atoms with Gasteiger partial charge in [-0.1, -0.05) is 6.92 Å². The molecule has 16 heavy (non-hydrogen) atoms. The fourth-order valence-electron chi connectivity index (χ4n) is 1.95. The predicted octanol–water partition coefficient (Wildman–Crippen LogP) is 1.41. The van der Waals surface area contributed by atoms with Gasteiger partial charge in [-0.3, -0.25) is 4.79 Å². The van der Waals surface area contributed by atoms with E-state index in [-0.39, 0.29) is 5.91 Å². The Morgan fingerprint density at radius 3 is 2.81 bits per heavy atom. The first-order valence-corrected chi connectivity index (χ1v) is 5.79. The summed E-state index contributed by atoms with van der Waals surface area (Å²) < 4.78 is 5.18. The summed E-state index contributed by atoms with van der Waals surface area (Å²) in [6, 6.07) is 2.11. The molecule has 0 unspecified atom stereocenters. The Kier molecular flexibility index (Phi) is 3.29. The Morgan fingerprint density at radius 1 is 1.62 bits per heavy atom. The summed E-state index contributed by atoms with van der Waals surface area (Å²) in [5, 5.41) is 3.20. The first-order chi connectivity index (χ1) is 7.74. The van der Waals surface area contributed by atoms with Crippen LogP contribution in [0.25, 0.3) is 0 Å². The Morgan fingerprint density at radius 2 is 2.38 bits per heavy atom. The Hall–Kier alpha value is -1.29. The molecule has 1 N–H and O–H groups in total. The van der Waals surface area contributed by atoms with Gasteiger partial charge >= 0.3 is 0 Å². The minimum atomic E-state index is 0.0969. The number of nitrogens with one attached hydrogen (secondary N) is 1. The van der Waals surface area contributed by atoms with Gasteiger partial charge in [-0.15, -0.1) is 0 Å². The molecule has 1 amide bonds. The van der Waals surface area contributed by atoms with Gasteiger partial charge in [0, 0.05) is 19.6 Å². The van der Waals surface area contributed by atoms with Gasteiger partial charge < -0.3 is 14.6 Å². The van der Waals surface area contributed by atoms with E-state index in [1.165, 1.54) is 0 Å². The van der Waals surface area contributed by atoms with Crippen molar-refractivity contribution in [2.75, 3.05) is 19.6 Å². The standard InChI is InChI=1S/C12H18N2O2/c1-3-5-14(10-7-13-8-10)12(15)11-4-6-16-9(11)2/h4,6,10,13H,3,5,7-8H2,1-2H3. The summed E-state index contributed by atoms with van der Waals surface area (Å²) in [7, 11) is 0. The number of rotatable bonds is 4. The second-order valence-corrected chi connectivity index (χ2v) is 4.20. The summed E-state index contributed by atoms with van der Waals surface area (Å²) in [5.41, 5.74) is 0.695. The van der Waals surface area contributed by atoms with Crippen LogP contribution in [-0.2, 0) is 0 Å². The van der Waals surface area contributed by atoms with Crippen LogP contribution in [0.2, 0.25) is 0 Å². The first kappa shape index (κ1) is 11.2. The molecular weight excluding hydrogens is 204 g/mol. The third-order valence-corrected chi connectivity index (χ3v) is 3.02. The van der Waals surface area contributed by atoms with Crippen LogP contribution < -0.4 is 5.32 Å². The van der Waals surface area contributed by atoms with Crippen molar-refractivity contribution in [1.29, 1.82) is 0 Å².